The molecule has 2 N–H and O–H groups in total. The molecular weight excluding hydrogens is 130 g/mol. The molecule has 0 heterocycles. The number of hydrogen-bond donors (Lipinski definition) is 1. The summed E-state index contributed by atoms with van der Waals surface area (Å²) in [5.41, 5.74) is 5.23. The van der Waals surface area contributed by atoms with Crippen LogP contribution in [0.15, 0.2) is 0 Å². The monoisotopic (exact) mass is 141 g/mol. The average molecular weight is 141 g/mol. The first-order valence-electron chi connectivity index (χ1n) is 3.29. The Morgan fingerprint density at radius 2 is 2.00 bits per heavy atom. The number of rotatable bonds is 6. The molecule has 10 heavy (non-hydrogen) atoms. The SMILES string of the molecule is N[C@H]([C]=O)CCCC[C]=O. The Labute approximate surface area is 60.6 Å². The van der Waals surface area contributed by atoms with E-state index >= 15 is 0 Å². The van der Waals surface area contributed by atoms with E-state index in [1.165, 1.54) is 0 Å². The summed E-state index contributed by atoms with van der Waals surface area (Å²) >= 11 is 0. The van der Waals surface area contributed by atoms with Gasteiger partial charge in [-0.25, -0.2) is 0 Å². The van der Waals surface area contributed by atoms with E-state index in [0.29, 0.717) is 12.8 Å². The van der Waals surface area contributed by atoms with Crippen molar-refractivity contribution in [2.45, 2.75) is 31.7 Å². The lowest BCUT2D eigenvalue weighted by atomic mass is 10.1. The molecule has 0 unspecified atom stereocenters. The minimum Gasteiger partial charge on any atom is -0.321 e. The highest BCUT2D eigenvalue weighted by Gasteiger charge is 1.99. The van der Waals surface area contributed by atoms with Crippen LogP contribution in [0.1, 0.15) is 25.7 Å². The molecular formula is C7H11NO2. The second-order valence-corrected chi connectivity index (χ2v) is 2.11. The molecule has 2 radical (unpaired) electrons. The summed E-state index contributed by atoms with van der Waals surface area (Å²) < 4.78 is 0. The number of nitrogens with two attached hydrogens (primary N) is 1. The fourth-order valence-corrected chi connectivity index (χ4v) is 0.620. The fourth-order valence-electron chi connectivity index (χ4n) is 0.620. The summed E-state index contributed by atoms with van der Waals surface area (Å²) in [4.78, 5) is 19.5. The Kier molecular flexibility index (Phi) is 5.97. The lowest BCUT2D eigenvalue weighted by molar-refractivity contribution is 0.525. The molecule has 0 spiro atoms. The predicted octanol–water partition coefficient (Wildman–Crippen LogP) is 0.0935. The smallest absolute Gasteiger partial charge is 0.216 e. The normalized spacial score (nSPS) is 12.5. The van der Waals surface area contributed by atoms with Crippen LogP contribution in [0, 0.1) is 0 Å². The van der Waals surface area contributed by atoms with Gasteiger partial charge in [-0.3, -0.25) is 9.59 Å². The molecule has 0 saturated heterocycles. The van der Waals surface area contributed by atoms with Crippen LogP contribution in [0.25, 0.3) is 0 Å². The van der Waals surface area contributed by atoms with Crippen molar-refractivity contribution in [3.8, 4) is 0 Å². The van der Waals surface area contributed by atoms with Crippen molar-refractivity contribution >= 4 is 12.6 Å². The van der Waals surface area contributed by atoms with Gasteiger partial charge in [0.05, 0.1) is 6.04 Å². The third kappa shape index (κ3) is 5.44. The van der Waals surface area contributed by atoms with Crippen molar-refractivity contribution in [3.05, 3.63) is 0 Å². The molecule has 0 aliphatic heterocycles. The summed E-state index contributed by atoms with van der Waals surface area (Å²) in [5.74, 6) is 0. The molecule has 3 heteroatoms. The van der Waals surface area contributed by atoms with E-state index < -0.39 is 6.04 Å². The largest absolute Gasteiger partial charge is 0.321 e. The second kappa shape index (κ2) is 6.42. The van der Waals surface area contributed by atoms with E-state index in [-0.39, 0.29) is 0 Å². The molecule has 0 aliphatic rings. The van der Waals surface area contributed by atoms with Gasteiger partial charge in [0.1, 0.15) is 0 Å². The van der Waals surface area contributed by atoms with E-state index in [0.717, 1.165) is 12.8 Å². The van der Waals surface area contributed by atoms with E-state index in [4.69, 9.17) is 5.73 Å². The van der Waals surface area contributed by atoms with Crippen LogP contribution in [-0.2, 0) is 9.59 Å². The van der Waals surface area contributed by atoms with Crippen LogP contribution in [0.2, 0.25) is 0 Å². The minimum atomic E-state index is -0.480. The molecule has 3 nitrogen and oxygen atoms in total. The van der Waals surface area contributed by atoms with Gasteiger partial charge in [-0.15, -0.1) is 0 Å². The second-order valence-electron chi connectivity index (χ2n) is 2.11. The van der Waals surface area contributed by atoms with Gasteiger partial charge in [-0.1, -0.05) is 6.42 Å². The zero-order chi connectivity index (χ0) is 7.82. The molecule has 0 aromatic rings. The Morgan fingerprint density at radius 1 is 1.30 bits per heavy atom. The highest BCUT2D eigenvalue weighted by molar-refractivity contribution is 5.57. The van der Waals surface area contributed by atoms with Crippen molar-refractivity contribution < 1.29 is 9.59 Å². The van der Waals surface area contributed by atoms with Crippen LogP contribution in [0.3, 0.4) is 0 Å². The van der Waals surface area contributed by atoms with Crippen molar-refractivity contribution in [2.24, 2.45) is 5.73 Å². The standard InChI is InChI=1S/C7H11NO2/c8-7(6-10)4-2-1-3-5-9/h7H,1-4,8H2/t7-/m0/s1. The zero-order valence-electron chi connectivity index (χ0n) is 5.80. The van der Waals surface area contributed by atoms with Crippen LogP contribution in [-0.4, -0.2) is 18.6 Å². The Balaban J connectivity index is 3.02. The number of hydrogen-bond acceptors (Lipinski definition) is 3. The lowest BCUT2D eigenvalue weighted by Crippen LogP contribution is -2.20. The number of unbranched alkanes of at least 4 members (excludes halogenated alkanes) is 2. The quantitative estimate of drug-likeness (QED) is 0.533. The molecule has 0 saturated carbocycles. The third-order valence-corrected chi connectivity index (χ3v) is 1.20. The van der Waals surface area contributed by atoms with Gasteiger partial charge in [-0.2, -0.15) is 0 Å². The van der Waals surface area contributed by atoms with E-state index in [9.17, 15) is 9.59 Å². The molecule has 0 aromatic carbocycles. The van der Waals surface area contributed by atoms with Gasteiger partial charge >= 0.3 is 0 Å². The van der Waals surface area contributed by atoms with Crippen molar-refractivity contribution in [3.63, 3.8) is 0 Å². The van der Waals surface area contributed by atoms with Gasteiger partial charge in [-0.05, 0) is 12.8 Å². The van der Waals surface area contributed by atoms with Gasteiger partial charge in [0.25, 0.3) is 0 Å². The summed E-state index contributed by atoms with van der Waals surface area (Å²) in [6.07, 6.45) is 6.05. The van der Waals surface area contributed by atoms with Crippen LogP contribution < -0.4 is 5.73 Å². The maximum atomic E-state index is 9.84. The topological polar surface area (TPSA) is 60.2 Å². The average Bonchev–Trinajstić information content (AvgIpc) is 1.98. The highest BCUT2D eigenvalue weighted by atomic mass is 16.1. The highest BCUT2D eigenvalue weighted by Crippen LogP contribution is 1.98. The van der Waals surface area contributed by atoms with Crippen LogP contribution in [0.5, 0.6) is 0 Å². The van der Waals surface area contributed by atoms with Gasteiger partial charge < -0.3 is 5.73 Å². The van der Waals surface area contributed by atoms with Crippen molar-refractivity contribution in [1.82, 2.24) is 0 Å². The summed E-state index contributed by atoms with van der Waals surface area (Å²) in [6, 6.07) is -0.480. The number of carbonyl (C=O) groups excluding carboxylic acids is 2. The molecule has 0 bridgehead atoms. The zero-order valence-corrected chi connectivity index (χ0v) is 5.80. The third-order valence-electron chi connectivity index (χ3n) is 1.20. The maximum absolute atomic E-state index is 9.84. The first kappa shape index (κ1) is 9.30. The molecule has 0 amide bonds. The molecule has 1 atom stereocenters. The first-order chi connectivity index (χ1) is 4.81. The first-order valence-corrected chi connectivity index (χ1v) is 3.29. The predicted molar refractivity (Wildman–Crippen MR) is 37.8 cm³/mol. The van der Waals surface area contributed by atoms with E-state index in [2.05, 4.69) is 0 Å². The molecule has 0 fully saturated rings. The fraction of sp³-hybridized carbons (Fsp3) is 0.714. The van der Waals surface area contributed by atoms with E-state index in [1.54, 1.807) is 12.6 Å². The lowest BCUT2D eigenvalue weighted by Gasteiger charge is -1.98. The molecule has 0 aliphatic carbocycles. The Bertz CT molecular complexity index is 104. The summed E-state index contributed by atoms with van der Waals surface area (Å²) in [5, 5.41) is 0. The van der Waals surface area contributed by atoms with E-state index in [1.807, 2.05) is 0 Å². The Hall–Kier alpha value is -0.700. The Morgan fingerprint density at radius 3 is 2.50 bits per heavy atom. The minimum absolute atomic E-state index is 0.436. The molecule has 56 valence electrons. The summed E-state index contributed by atoms with van der Waals surface area (Å²) in [6.45, 7) is 0. The molecule has 0 aromatic heterocycles. The molecule has 0 rings (SSSR count). The van der Waals surface area contributed by atoms with Gasteiger partial charge in [0.15, 0.2) is 6.29 Å². The van der Waals surface area contributed by atoms with Crippen LogP contribution >= 0.6 is 0 Å². The maximum Gasteiger partial charge on any atom is 0.216 e. The van der Waals surface area contributed by atoms with Gasteiger partial charge in [0.2, 0.25) is 6.29 Å². The summed E-state index contributed by atoms with van der Waals surface area (Å²) in [7, 11) is 0. The van der Waals surface area contributed by atoms with Crippen molar-refractivity contribution in [1.29, 1.82) is 0 Å². The van der Waals surface area contributed by atoms with Gasteiger partial charge in [0, 0.05) is 6.42 Å². The van der Waals surface area contributed by atoms with Crippen LogP contribution in [0.4, 0.5) is 0 Å². The van der Waals surface area contributed by atoms with Crippen molar-refractivity contribution in [2.75, 3.05) is 0 Å².